The molecule has 0 saturated heterocycles. The van der Waals surface area contributed by atoms with Crippen molar-refractivity contribution in [2.75, 3.05) is 0 Å². The molecule has 2 amide bonds. The molecule has 0 aliphatic heterocycles. The van der Waals surface area contributed by atoms with Gasteiger partial charge < -0.3 is 9.47 Å². The molecule has 0 fully saturated rings. The molecule has 2 unspecified atom stereocenters. The number of amides is 2. The summed E-state index contributed by atoms with van der Waals surface area (Å²) in [7, 11) is 0. The zero-order chi connectivity index (χ0) is 12.6. The van der Waals surface area contributed by atoms with E-state index in [4.69, 9.17) is 9.47 Å². The van der Waals surface area contributed by atoms with Gasteiger partial charge in [0.2, 0.25) is 0 Å². The Morgan fingerprint density at radius 1 is 0.938 bits per heavy atom. The summed E-state index contributed by atoms with van der Waals surface area (Å²) >= 11 is 0. The van der Waals surface area contributed by atoms with Crippen LogP contribution in [0, 0.1) is 0 Å². The Morgan fingerprint density at radius 2 is 1.25 bits per heavy atom. The highest BCUT2D eigenvalue weighted by Crippen LogP contribution is 2.01. The van der Waals surface area contributed by atoms with Gasteiger partial charge in [-0.3, -0.25) is 0 Å². The Kier molecular flexibility index (Phi) is 7.07. The highest BCUT2D eigenvalue weighted by atomic mass is 16.6. The van der Waals surface area contributed by atoms with Gasteiger partial charge in [-0.05, 0) is 26.7 Å². The van der Waals surface area contributed by atoms with Crippen LogP contribution in [-0.2, 0) is 9.47 Å². The summed E-state index contributed by atoms with van der Waals surface area (Å²) in [6, 6.07) is 0. The molecule has 0 N–H and O–H groups in total. The van der Waals surface area contributed by atoms with Gasteiger partial charge in [-0.1, -0.05) is 24.1 Å². The summed E-state index contributed by atoms with van der Waals surface area (Å²) in [6.07, 6.45) is -0.878. The van der Waals surface area contributed by atoms with Crippen LogP contribution in [-0.4, -0.2) is 24.4 Å². The zero-order valence-corrected chi connectivity index (χ0v) is 10.1. The molecule has 0 saturated carbocycles. The van der Waals surface area contributed by atoms with Crippen LogP contribution in [0.3, 0.4) is 0 Å². The SMILES string of the molecule is CCC(C)OC(=O)N=NC(=O)OC(C)CC. The molecule has 6 heteroatoms. The molecular formula is C10H18N2O4. The van der Waals surface area contributed by atoms with E-state index in [0.717, 1.165) is 0 Å². The molecule has 0 aromatic heterocycles. The minimum absolute atomic E-state index is 0.239. The van der Waals surface area contributed by atoms with Crippen molar-refractivity contribution in [1.29, 1.82) is 0 Å². The molecule has 0 bridgehead atoms. The number of ether oxygens (including phenoxy) is 2. The predicted octanol–water partition coefficient (Wildman–Crippen LogP) is 3.31. The van der Waals surface area contributed by atoms with Crippen molar-refractivity contribution in [2.24, 2.45) is 10.2 Å². The third-order valence-electron chi connectivity index (χ3n) is 1.97. The molecular weight excluding hydrogens is 212 g/mol. The second kappa shape index (κ2) is 7.78. The van der Waals surface area contributed by atoms with Crippen LogP contribution in [0.2, 0.25) is 0 Å². The second-order valence-electron chi connectivity index (χ2n) is 3.41. The minimum atomic E-state index is -0.879. The molecule has 2 atom stereocenters. The topological polar surface area (TPSA) is 77.3 Å². The lowest BCUT2D eigenvalue weighted by molar-refractivity contribution is 0.104. The van der Waals surface area contributed by atoms with Gasteiger partial charge in [0, 0.05) is 0 Å². The van der Waals surface area contributed by atoms with Gasteiger partial charge in [0.15, 0.2) is 0 Å². The van der Waals surface area contributed by atoms with Crippen LogP contribution < -0.4 is 0 Å². The van der Waals surface area contributed by atoms with E-state index < -0.39 is 12.2 Å². The Bertz CT molecular complexity index is 240. The second-order valence-corrected chi connectivity index (χ2v) is 3.41. The lowest BCUT2D eigenvalue weighted by Crippen LogP contribution is -2.12. The van der Waals surface area contributed by atoms with Crippen molar-refractivity contribution in [3.05, 3.63) is 0 Å². The maximum absolute atomic E-state index is 11.0. The van der Waals surface area contributed by atoms with E-state index in [1.54, 1.807) is 13.8 Å². The van der Waals surface area contributed by atoms with Crippen molar-refractivity contribution in [2.45, 2.75) is 52.7 Å². The van der Waals surface area contributed by atoms with Gasteiger partial charge in [0.05, 0.1) is 0 Å². The summed E-state index contributed by atoms with van der Waals surface area (Å²) in [4.78, 5) is 22.0. The van der Waals surface area contributed by atoms with E-state index in [1.807, 2.05) is 13.8 Å². The summed E-state index contributed by atoms with van der Waals surface area (Å²) in [5.74, 6) is 0. The fourth-order valence-corrected chi connectivity index (χ4v) is 0.640. The van der Waals surface area contributed by atoms with E-state index >= 15 is 0 Å². The maximum atomic E-state index is 11.0. The maximum Gasteiger partial charge on any atom is 0.452 e. The van der Waals surface area contributed by atoms with E-state index in [9.17, 15) is 9.59 Å². The minimum Gasteiger partial charge on any atom is -0.444 e. The highest BCUT2D eigenvalue weighted by molar-refractivity contribution is 5.73. The van der Waals surface area contributed by atoms with Gasteiger partial charge in [0.25, 0.3) is 0 Å². The zero-order valence-electron chi connectivity index (χ0n) is 10.1. The molecule has 0 aliphatic rings. The van der Waals surface area contributed by atoms with Crippen molar-refractivity contribution < 1.29 is 19.1 Å². The molecule has 0 heterocycles. The first-order chi connectivity index (χ1) is 7.49. The highest BCUT2D eigenvalue weighted by Gasteiger charge is 2.09. The molecule has 0 aromatic carbocycles. The predicted molar refractivity (Wildman–Crippen MR) is 57.3 cm³/mol. The number of hydrogen-bond acceptors (Lipinski definition) is 4. The van der Waals surface area contributed by atoms with Crippen molar-refractivity contribution in [1.82, 2.24) is 0 Å². The number of rotatable bonds is 4. The smallest absolute Gasteiger partial charge is 0.444 e. The van der Waals surface area contributed by atoms with Gasteiger partial charge >= 0.3 is 12.2 Å². The number of nitrogens with zero attached hydrogens (tertiary/aromatic N) is 2. The largest absolute Gasteiger partial charge is 0.452 e. The van der Waals surface area contributed by atoms with Crippen molar-refractivity contribution in [3.8, 4) is 0 Å². The van der Waals surface area contributed by atoms with Gasteiger partial charge in [0.1, 0.15) is 12.2 Å². The summed E-state index contributed by atoms with van der Waals surface area (Å²) < 4.78 is 9.55. The monoisotopic (exact) mass is 230 g/mol. The van der Waals surface area contributed by atoms with Crippen LogP contribution >= 0.6 is 0 Å². The van der Waals surface area contributed by atoms with Crippen molar-refractivity contribution >= 4 is 12.2 Å². The first kappa shape index (κ1) is 14.5. The van der Waals surface area contributed by atoms with Gasteiger partial charge in [-0.2, -0.15) is 0 Å². The average Bonchev–Trinajstić information content (AvgIpc) is 2.26. The summed E-state index contributed by atoms with van der Waals surface area (Å²) in [5, 5.41) is 6.18. The van der Waals surface area contributed by atoms with Crippen LogP contribution in [0.5, 0.6) is 0 Å². The van der Waals surface area contributed by atoms with E-state index in [-0.39, 0.29) is 12.2 Å². The van der Waals surface area contributed by atoms with Gasteiger partial charge in [-0.25, -0.2) is 9.59 Å². The Balaban J connectivity index is 3.98. The van der Waals surface area contributed by atoms with Crippen LogP contribution in [0.4, 0.5) is 9.59 Å². The third-order valence-corrected chi connectivity index (χ3v) is 1.97. The summed E-state index contributed by atoms with van der Waals surface area (Å²) in [5.41, 5.74) is 0. The normalized spacial score (nSPS) is 14.5. The van der Waals surface area contributed by atoms with Crippen LogP contribution in [0.25, 0.3) is 0 Å². The number of carbonyl (C=O) groups is 2. The van der Waals surface area contributed by atoms with Gasteiger partial charge in [-0.15, -0.1) is 0 Å². The third kappa shape index (κ3) is 6.92. The fourth-order valence-electron chi connectivity index (χ4n) is 0.640. The average molecular weight is 230 g/mol. The lowest BCUT2D eigenvalue weighted by atomic mass is 10.3. The fraction of sp³-hybridized carbons (Fsp3) is 0.800. The van der Waals surface area contributed by atoms with Crippen LogP contribution in [0.15, 0.2) is 10.2 Å². The first-order valence-electron chi connectivity index (χ1n) is 5.32. The molecule has 16 heavy (non-hydrogen) atoms. The van der Waals surface area contributed by atoms with E-state index in [1.165, 1.54) is 0 Å². The quantitative estimate of drug-likeness (QED) is 0.694. The summed E-state index contributed by atoms with van der Waals surface area (Å²) in [6.45, 7) is 7.19. The van der Waals surface area contributed by atoms with Crippen molar-refractivity contribution in [3.63, 3.8) is 0 Å². The molecule has 0 radical (unpaired) electrons. The number of carbonyl (C=O) groups excluding carboxylic acids is 2. The molecule has 0 aromatic rings. The molecule has 6 nitrogen and oxygen atoms in total. The standard InChI is InChI=1S/C10H18N2O4/c1-5-7(3)15-9(13)11-12-10(14)16-8(4)6-2/h7-8H,5-6H2,1-4H3. The molecule has 0 spiro atoms. The van der Waals surface area contributed by atoms with E-state index in [0.29, 0.717) is 12.8 Å². The molecule has 92 valence electrons. The Morgan fingerprint density at radius 3 is 1.50 bits per heavy atom. The number of hydrogen-bond donors (Lipinski definition) is 0. The Hall–Kier alpha value is -1.46. The Labute approximate surface area is 95.0 Å². The van der Waals surface area contributed by atoms with E-state index in [2.05, 4.69) is 10.2 Å². The number of azo groups is 1. The van der Waals surface area contributed by atoms with Crippen LogP contribution in [0.1, 0.15) is 40.5 Å². The first-order valence-corrected chi connectivity index (χ1v) is 5.32. The molecule has 0 aliphatic carbocycles. The lowest BCUT2D eigenvalue weighted by Gasteiger charge is -2.07. The molecule has 0 rings (SSSR count).